The van der Waals surface area contributed by atoms with E-state index in [1.165, 1.54) is 33.0 Å². The van der Waals surface area contributed by atoms with Gasteiger partial charge in [0.05, 0.1) is 0 Å². The van der Waals surface area contributed by atoms with Gasteiger partial charge in [0.25, 0.3) is 0 Å². The molecular formula is C48H33NO. The van der Waals surface area contributed by atoms with Gasteiger partial charge in [-0.2, -0.15) is 0 Å². The third kappa shape index (κ3) is 5.43. The molecule has 2 heteroatoms. The number of fused-ring (bicyclic) bond motifs is 2. The van der Waals surface area contributed by atoms with Gasteiger partial charge >= 0.3 is 0 Å². The fourth-order valence-electron chi connectivity index (χ4n) is 7.07. The van der Waals surface area contributed by atoms with Crippen LogP contribution in [0.3, 0.4) is 0 Å². The van der Waals surface area contributed by atoms with Gasteiger partial charge in [0, 0.05) is 33.6 Å². The van der Waals surface area contributed by atoms with Crippen molar-refractivity contribution in [2.24, 2.45) is 0 Å². The third-order valence-electron chi connectivity index (χ3n) is 9.48. The molecule has 2 nitrogen and oxygen atoms in total. The van der Waals surface area contributed by atoms with Crippen molar-refractivity contribution in [3.05, 3.63) is 200 Å². The highest BCUT2D eigenvalue weighted by atomic mass is 16.3. The van der Waals surface area contributed by atoms with Crippen LogP contribution in [0.1, 0.15) is 0 Å². The van der Waals surface area contributed by atoms with E-state index in [0.29, 0.717) is 0 Å². The van der Waals surface area contributed by atoms with Crippen molar-refractivity contribution in [2.45, 2.75) is 0 Å². The Morgan fingerprint density at radius 3 is 1.62 bits per heavy atom. The number of nitrogens with zero attached hydrogens (tertiary/aromatic N) is 1. The second-order valence-corrected chi connectivity index (χ2v) is 12.5. The van der Waals surface area contributed by atoms with Crippen LogP contribution in [-0.2, 0) is 0 Å². The molecule has 0 spiro atoms. The number of furan rings is 1. The monoisotopic (exact) mass is 639 g/mol. The number of hydrogen-bond acceptors (Lipinski definition) is 2. The maximum Gasteiger partial charge on any atom is 0.143 e. The molecule has 0 fully saturated rings. The van der Waals surface area contributed by atoms with Crippen LogP contribution in [0.15, 0.2) is 205 Å². The minimum absolute atomic E-state index is 0.866. The highest BCUT2D eigenvalue weighted by Gasteiger charge is 2.20. The lowest BCUT2D eigenvalue weighted by Gasteiger charge is -2.26. The van der Waals surface area contributed by atoms with Gasteiger partial charge in [-0.3, -0.25) is 0 Å². The number of anilines is 3. The van der Waals surface area contributed by atoms with Gasteiger partial charge in [0.1, 0.15) is 11.3 Å². The SMILES string of the molecule is c1ccc(-c2ccc(N(c3ccc(-c4cccc5ccccc45)cc3)c3cccc(-c4oc5ccccc5c4-c4ccccc4)c3)cc2)cc1. The van der Waals surface area contributed by atoms with Crippen molar-refractivity contribution < 1.29 is 4.42 Å². The summed E-state index contributed by atoms with van der Waals surface area (Å²) in [6, 6.07) is 70.9. The summed E-state index contributed by atoms with van der Waals surface area (Å²) in [7, 11) is 0. The molecule has 236 valence electrons. The lowest BCUT2D eigenvalue weighted by Crippen LogP contribution is -2.10. The average Bonchev–Trinajstić information content (AvgIpc) is 3.59. The van der Waals surface area contributed by atoms with E-state index < -0.39 is 0 Å². The summed E-state index contributed by atoms with van der Waals surface area (Å²) in [4.78, 5) is 2.33. The first kappa shape index (κ1) is 29.5. The topological polar surface area (TPSA) is 16.4 Å². The van der Waals surface area contributed by atoms with E-state index in [4.69, 9.17) is 4.42 Å². The summed E-state index contributed by atoms with van der Waals surface area (Å²) >= 11 is 0. The second-order valence-electron chi connectivity index (χ2n) is 12.5. The maximum atomic E-state index is 6.63. The molecule has 0 radical (unpaired) electrons. The van der Waals surface area contributed by atoms with Crippen molar-refractivity contribution in [1.82, 2.24) is 0 Å². The molecule has 0 saturated heterocycles. The van der Waals surface area contributed by atoms with Crippen LogP contribution in [0.25, 0.3) is 66.4 Å². The molecule has 0 amide bonds. The Labute approximate surface area is 292 Å². The largest absolute Gasteiger partial charge is 0.455 e. The molecular weight excluding hydrogens is 607 g/mol. The molecule has 50 heavy (non-hydrogen) atoms. The molecule has 0 atom stereocenters. The minimum atomic E-state index is 0.866. The molecule has 1 aromatic heterocycles. The van der Waals surface area contributed by atoms with Gasteiger partial charge in [0.15, 0.2) is 0 Å². The molecule has 8 aromatic carbocycles. The molecule has 1 heterocycles. The van der Waals surface area contributed by atoms with Crippen molar-refractivity contribution in [1.29, 1.82) is 0 Å². The van der Waals surface area contributed by atoms with Crippen molar-refractivity contribution in [3.8, 4) is 44.7 Å². The third-order valence-corrected chi connectivity index (χ3v) is 9.48. The van der Waals surface area contributed by atoms with Crippen molar-refractivity contribution >= 4 is 38.8 Å². The van der Waals surface area contributed by atoms with Crippen LogP contribution < -0.4 is 4.90 Å². The van der Waals surface area contributed by atoms with E-state index in [9.17, 15) is 0 Å². The first-order valence-electron chi connectivity index (χ1n) is 17.0. The van der Waals surface area contributed by atoms with E-state index >= 15 is 0 Å². The summed E-state index contributed by atoms with van der Waals surface area (Å²) in [5.41, 5.74) is 12.1. The number of hydrogen-bond donors (Lipinski definition) is 0. The predicted octanol–water partition coefficient (Wildman–Crippen LogP) is 13.7. The van der Waals surface area contributed by atoms with E-state index in [-0.39, 0.29) is 0 Å². The fraction of sp³-hybridized carbons (Fsp3) is 0. The lowest BCUT2D eigenvalue weighted by atomic mass is 9.97. The van der Waals surface area contributed by atoms with Crippen LogP contribution in [0.2, 0.25) is 0 Å². The summed E-state index contributed by atoms with van der Waals surface area (Å²) in [6.45, 7) is 0. The van der Waals surface area contributed by atoms with E-state index in [1.807, 2.05) is 12.1 Å². The Morgan fingerprint density at radius 1 is 0.340 bits per heavy atom. The highest BCUT2D eigenvalue weighted by molar-refractivity contribution is 6.02. The zero-order chi connectivity index (χ0) is 33.3. The van der Waals surface area contributed by atoms with Crippen molar-refractivity contribution in [2.75, 3.05) is 4.90 Å². The van der Waals surface area contributed by atoms with Gasteiger partial charge in [-0.1, -0.05) is 158 Å². The molecule has 0 aliphatic carbocycles. The first-order chi connectivity index (χ1) is 24.8. The molecule has 0 aliphatic rings. The maximum absolute atomic E-state index is 6.63. The molecule has 0 aliphatic heterocycles. The predicted molar refractivity (Wildman–Crippen MR) is 210 cm³/mol. The second kappa shape index (κ2) is 12.8. The summed E-state index contributed by atoms with van der Waals surface area (Å²) in [6.07, 6.45) is 0. The van der Waals surface area contributed by atoms with Crippen LogP contribution >= 0.6 is 0 Å². The van der Waals surface area contributed by atoms with Crippen LogP contribution in [0.5, 0.6) is 0 Å². The summed E-state index contributed by atoms with van der Waals surface area (Å²) in [5.74, 6) is 0.866. The zero-order valence-corrected chi connectivity index (χ0v) is 27.4. The first-order valence-corrected chi connectivity index (χ1v) is 17.0. The quantitative estimate of drug-likeness (QED) is 0.173. The Balaban J connectivity index is 1.18. The van der Waals surface area contributed by atoms with Crippen LogP contribution in [-0.4, -0.2) is 0 Å². The number of para-hydroxylation sites is 1. The van der Waals surface area contributed by atoms with Gasteiger partial charge in [-0.05, 0) is 81.1 Å². The Hall–Kier alpha value is -6.64. The molecule has 0 unspecified atom stereocenters. The average molecular weight is 640 g/mol. The normalized spacial score (nSPS) is 11.2. The molecule has 0 N–H and O–H groups in total. The van der Waals surface area contributed by atoms with E-state index in [0.717, 1.165) is 50.5 Å². The van der Waals surface area contributed by atoms with Gasteiger partial charge in [0.2, 0.25) is 0 Å². The van der Waals surface area contributed by atoms with E-state index in [1.54, 1.807) is 0 Å². The standard InChI is InChI=1S/C48H33NO/c1-3-13-34(14-4-1)35-25-29-40(30-26-35)49(41-31-27-37(28-32-41)44-23-12-18-36-15-7-8-21-43(36)44)42-20-11-19-39(33-42)48-47(38-16-5-2-6-17-38)45-22-9-10-24-46(45)50-48/h1-33H. The molecule has 0 saturated carbocycles. The molecule has 9 aromatic rings. The van der Waals surface area contributed by atoms with Gasteiger partial charge in [-0.25, -0.2) is 0 Å². The van der Waals surface area contributed by atoms with E-state index in [2.05, 4.69) is 193 Å². The zero-order valence-electron chi connectivity index (χ0n) is 27.4. The van der Waals surface area contributed by atoms with Gasteiger partial charge in [-0.15, -0.1) is 0 Å². The molecule has 0 bridgehead atoms. The minimum Gasteiger partial charge on any atom is -0.455 e. The molecule has 9 rings (SSSR count). The summed E-state index contributed by atoms with van der Waals surface area (Å²) in [5, 5.41) is 3.60. The van der Waals surface area contributed by atoms with Crippen LogP contribution in [0.4, 0.5) is 17.1 Å². The smallest absolute Gasteiger partial charge is 0.143 e. The number of rotatable bonds is 7. The van der Waals surface area contributed by atoms with Gasteiger partial charge < -0.3 is 9.32 Å². The Kier molecular flexibility index (Phi) is 7.53. The summed E-state index contributed by atoms with van der Waals surface area (Å²) < 4.78 is 6.63. The Bertz CT molecular complexity index is 2560. The fourth-order valence-corrected chi connectivity index (χ4v) is 7.07. The number of benzene rings is 8. The van der Waals surface area contributed by atoms with Crippen molar-refractivity contribution in [3.63, 3.8) is 0 Å². The van der Waals surface area contributed by atoms with Crippen LogP contribution in [0, 0.1) is 0 Å². The highest BCUT2D eigenvalue weighted by Crippen LogP contribution is 2.44. The Morgan fingerprint density at radius 2 is 0.880 bits per heavy atom. The lowest BCUT2D eigenvalue weighted by molar-refractivity contribution is 0.632.